The van der Waals surface area contributed by atoms with Gasteiger partial charge in [-0.3, -0.25) is 0 Å². The maximum atomic E-state index is 9.68. The third-order valence-corrected chi connectivity index (χ3v) is 5.13. The van der Waals surface area contributed by atoms with Gasteiger partial charge in [0, 0.05) is 31.7 Å². The molecule has 0 aromatic rings. The topological polar surface area (TPSA) is 38.7 Å². The van der Waals surface area contributed by atoms with E-state index in [0.717, 1.165) is 6.42 Å². The highest BCUT2D eigenvalue weighted by Gasteiger charge is 2.40. The average Bonchev–Trinajstić information content (AvgIpc) is 2.81. The van der Waals surface area contributed by atoms with Crippen molar-refractivity contribution in [3.8, 4) is 0 Å². The number of piperazine rings is 1. The van der Waals surface area contributed by atoms with E-state index in [1.54, 1.807) is 0 Å². The van der Waals surface area contributed by atoms with Crippen molar-refractivity contribution < 1.29 is 5.11 Å². The molecule has 0 bridgehead atoms. The van der Waals surface area contributed by atoms with Crippen LogP contribution in [-0.4, -0.2) is 73.9 Å². The highest BCUT2D eigenvalue weighted by Crippen LogP contribution is 2.37. The summed E-state index contributed by atoms with van der Waals surface area (Å²) in [6.45, 7) is 6.28. The Morgan fingerprint density at radius 3 is 2.61 bits per heavy atom. The number of aliphatic hydroxyl groups excluding tert-OH is 1. The molecule has 1 heterocycles. The number of rotatable bonds is 5. The molecule has 106 valence electrons. The van der Waals surface area contributed by atoms with Gasteiger partial charge in [0.15, 0.2) is 0 Å². The first-order valence-corrected chi connectivity index (χ1v) is 7.41. The third kappa shape index (κ3) is 3.05. The fourth-order valence-electron chi connectivity index (χ4n) is 3.59. The van der Waals surface area contributed by atoms with Crippen molar-refractivity contribution in [3.05, 3.63) is 0 Å². The Bertz CT molecular complexity index is 247. The van der Waals surface area contributed by atoms with E-state index in [0.29, 0.717) is 5.92 Å². The summed E-state index contributed by atoms with van der Waals surface area (Å²) < 4.78 is 0. The number of nitrogens with zero attached hydrogens (tertiary/aromatic N) is 2. The number of aliphatic hydroxyl groups is 1. The average molecular weight is 255 g/mol. The Balaban J connectivity index is 1.79. The molecule has 2 atom stereocenters. The monoisotopic (exact) mass is 255 g/mol. The zero-order valence-electron chi connectivity index (χ0n) is 12.0. The fraction of sp³-hybridized carbons (Fsp3) is 1.00. The molecule has 2 N–H and O–H groups in total. The second kappa shape index (κ2) is 6.33. The van der Waals surface area contributed by atoms with Gasteiger partial charge in [0.1, 0.15) is 0 Å². The lowest BCUT2D eigenvalue weighted by molar-refractivity contribution is 0.105. The van der Waals surface area contributed by atoms with Crippen LogP contribution in [0.4, 0.5) is 0 Å². The summed E-state index contributed by atoms with van der Waals surface area (Å²) in [4.78, 5) is 4.98. The lowest BCUT2D eigenvalue weighted by Crippen LogP contribution is -2.51. The van der Waals surface area contributed by atoms with Crippen LogP contribution in [-0.2, 0) is 0 Å². The SMILES string of the molecule is CNC1(CO)CCCC1CCN1CCN(C)CC1. The molecule has 1 saturated carbocycles. The molecule has 2 rings (SSSR count). The van der Waals surface area contributed by atoms with Crippen LogP contribution in [0.2, 0.25) is 0 Å². The highest BCUT2D eigenvalue weighted by molar-refractivity contribution is 4.98. The molecule has 1 aliphatic carbocycles. The summed E-state index contributed by atoms with van der Waals surface area (Å²) in [5.74, 6) is 0.646. The molecule has 18 heavy (non-hydrogen) atoms. The highest BCUT2D eigenvalue weighted by atomic mass is 16.3. The van der Waals surface area contributed by atoms with Gasteiger partial charge in [-0.2, -0.15) is 0 Å². The largest absolute Gasteiger partial charge is 0.394 e. The van der Waals surface area contributed by atoms with Gasteiger partial charge in [0.25, 0.3) is 0 Å². The van der Waals surface area contributed by atoms with E-state index in [1.807, 2.05) is 7.05 Å². The molecular formula is C14H29N3O. The van der Waals surface area contributed by atoms with Gasteiger partial charge >= 0.3 is 0 Å². The first-order valence-electron chi connectivity index (χ1n) is 7.41. The fourth-order valence-corrected chi connectivity index (χ4v) is 3.59. The Kier molecular flexibility index (Phi) is 5.01. The van der Waals surface area contributed by atoms with E-state index >= 15 is 0 Å². The molecule has 0 amide bonds. The summed E-state index contributed by atoms with van der Waals surface area (Å²) in [5.41, 5.74) is 0.00653. The van der Waals surface area contributed by atoms with Crippen LogP contribution in [0.15, 0.2) is 0 Å². The standard InChI is InChI=1S/C14H29N3O/c1-15-14(12-18)6-3-4-13(14)5-7-17-10-8-16(2)9-11-17/h13,15,18H,3-12H2,1-2H3. The molecule has 2 fully saturated rings. The summed E-state index contributed by atoms with van der Waals surface area (Å²) in [6.07, 6.45) is 4.89. The van der Waals surface area contributed by atoms with Gasteiger partial charge in [-0.05, 0) is 45.8 Å². The predicted molar refractivity (Wildman–Crippen MR) is 74.8 cm³/mol. The molecule has 1 saturated heterocycles. The van der Waals surface area contributed by atoms with E-state index in [4.69, 9.17) is 0 Å². The Labute approximate surface area is 111 Å². The molecule has 4 heteroatoms. The second-order valence-corrected chi connectivity index (χ2v) is 6.09. The van der Waals surface area contributed by atoms with E-state index in [2.05, 4.69) is 22.2 Å². The van der Waals surface area contributed by atoms with Crippen LogP contribution >= 0.6 is 0 Å². The van der Waals surface area contributed by atoms with Gasteiger partial charge in [0.05, 0.1) is 6.61 Å². The van der Waals surface area contributed by atoms with Crippen LogP contribution in [0.5, 0.6) is 0 Å². The summed E-state index contributed by atoms with van der Waals surface area (Å²) >= 11 is 0. The normalized spacial score (nSPS) is 35.2. The van der Waals surface area contributed by atoms with Gasteiger partial charge in [0.2, 0.25) is 0 Å². The summed E-state index contributed by atoms with van der Waals surface area (Å²) in [7, 11) is 4.20. The van der Waals surface area contributed by atoms with Crippen LogP contribution < -0.4 is 5.32 Å². The van der Waals surface area contributed by atoms with Crippen LogP contribution in [0.25, 0.3) is 0 Å². The van der Waals surface area contributed by atoms with Crippen LogP contribution in [0.3, 0.4) is 0 Å². The van der Waals surface area contributed by atoms with Crippen molar-refractivity contribution in [1.82, 2.24) is 15.1 Å². The van der Waals surface area contributed by atoms with E-state index in [1.165, 1.54) is 52.0 Å². The molecule has 0 aromatic heterocycles. The Morgan fingerprint density at radius 2 is 2.00 bits per heavy atom. The van der Waals surface area contributed by atoms with Crippen molar-refractivity contribution in [3.63, 3.8) is 0 Å². The molecular weight excluding hydrogens is 226 g/mol. The molecule has 0 radical (unpaired) electrons. The van der Waals surface area contributed by atoms with E-state index < -0.39 is 0 Å². The Hall–Kier alpha value is -0.160. The van der Waals surface area contributed by atoms with E-state index in [9.17, 15) is 5.11 Å². The lowest BCUT2D eigenvalue weighted by Gasteiger charge is -2.37. The van der Waals surface area contributed by atoms with Crippen LogP contribution in [0.1, 0.15) is 25.7 Å². The zero-order chi connectivity index (χ0) is 13.0. The molecule has 1 aliphatic heterocycles. The quantitative estimate of drug-likeness (QED) is 0.745. The minimum atomic E-state index is 0.00653. The minimum Gasteiger partial charge on any atom is -0.394 e. The zero-order valence-corrected chi connectivity index (χ0v) is 12.0. The van der Waals surface area contributed by atoms with Gasteiger partial charge in [-0.25, -0.2) is 0 Å². The molecule has 0 spiro atoms. The lowest BCUT2D eigenvalue weighted by atomic mass is 9.85. The van der Waals surface area contributed by atoms with E-state index in [-0.39, 0.29) is 12.1 Å². The summed E-state index contributed by atoms with van der Waals surface area (Å²) in [6, 6.07) is 0. The number of nitrogens with one attached hydrogen (secondary N) is 1. The van der Waals surface area contributed by atoms with Crippen molar-refractivity contribution in [2.45, 2.75) is 31.2 Å². The smallest absolute Gasteiger partial charge is 0.0615 e. The maximum absolute atomic E-state index is 9.68. The van der Waals surface area contributed by atoms with Crippen LogP contribution in [0, 0.1) is 5.92 Å². The number of hydrogen-bond acceptors (Lipinski definition) is 4. The van der Waals surface area contributed by atoms with Crippen molar-refractivity contribution >= 4 is 0 Å². The van der Waals surface area contributed by atoms with Gasteiger partial charge in [-0.1, -0.05) is 6.42 Å². The Morgan fingerprint density at radius 1 is 1.28 bits per heavy atom. The number of hydrogen-bond donors (Lipinski definition) is 2. The molecule has 4 nitrogen and oxygen atoms in total. The second-order valence-electron chi connectivity index (χ2n) is 6.09. The molecule has 2 unspecified atom stereocenters. The third-order valence-electron chi connectivity index (χ3n) is 5.13. The van der Waals surface area contributed by atoms with Crippen molar-refractivity contribution in [2.24, 2.45) is 5.92 Å². The molecule has 2 aliphatic rings. The van der Waals surface area contributed by atoms with Crippen molar-refractivity contribution in [1.29, 1.82) is 0 Å². The minimum absolute atomic E-state index is 0.00653. The summed E-state index contributed by atoms with van der Waals surface area (Å²) in [5, 5.41) is 13.1. The molecule has 0 aromatic carbocycles. The van der Waals surface area contributed by atoms with Gasteiger partial charge < -0.3 is 20.2 Å². The predicted octanol–water partition coefficient (Wildman–Crippen LogP) is 0.375. The maximum Gasteiger partial charge on any atom is 0.0615 e. The first kappa shape index (κ1) is 14.3. The number of likely N-dealkylation sites (N-methyl/N-ethyl adjacent to an activating group) is 2. The van der Waals surface area contributed by atoms with Crippen molar-refractivity contribution in [2.75, 3.05) is 53.4 Å². The first-order chi connectivity index (χ1) is 8.70. The van der Waals surface area contributed by atoms with Gasteiger partial charge in [-0.15, -0.1) is 0 Å².